The van der Waals surface area contributed by atoms with Crippen LogP contribution in [0.5, 0.6) is 0 Å². The molecule has 0 aliphatic rings. The minimum Gasteiger partial charge on any atom is -0.370 e. The number of aromatic nitrogens is 1. The molecular weight excluding hydrogens is 274 g/mol. The van der Waals surface area contributed by atoms with Crippen molar-refractivity contribution in [3.8, 4) is 17.5 Å². The monoisotopic (exact) mass is 285 g/mol. The van der Waals surface area contributed by atoms with Gasteiger partial charge in [0.25, 0.3) is 0 Å². The lowest BCUT2D eigenvalue weighted by molar-refractivity contribution is 1.29. The fourth-order valence-electron chi connectivity index (χ4n) is 1.50. The van der Waals surface area contributed by atoms with E-state index in [4.69, 9.17) is 16.4 Å². The molecule has 0 aliphatic heterocycles. The number of thiazole rings is 1. The number of nitrogens with one attached hydrogen (secondary N) is 3. The minimum absolute atomic E-state index is 0.157. The Hall–Kier alpha value is -2.92. The van der Waals surface area contributed by atoms with E-state index in [2.05, 4.69) is 20.6 Å². The van der Waals surface area contributed by atoms with Crippen LogP contribution in [0.1, 0.15) is 0 Å². The molecule has 8 heteroatoms. The van der Waals surface area contributed by atoms with Crippen LogP contribution in [0.2, 0.25) is 0 Å². The first-order valence-electron chi connectivity index (χ1n) is 5.54. The number of hydrogen-bond acceptors (Lipinski definition) is 5. The fraction of sp³-hybridized carbons (Fsp3) is 0. The first kappa shape index (κ1) is 13.5. The van der Waals surface area contributed by atoms with Gasteiger partial charge in [-0.1, -0.05) is 18.2 Å². The lowest BCUT2D eigenvalue weighted by atomic mass is 10.1. The highest BCUT2D eigenvalue weighted by Crippen LogP contribution is 2.31. The Morgan fingerprint density at radius 3 is 3.05 bits per heavy atom. The molecule has 100 valence electrons. The molecule has 0 radical (unpaired) electrons. The van der Waals surface area contributed by atoms with E-state index in [1.54, 1.807) is 6.19 Å². The summed E-state index contributed by atoms with van der Waals surface area (Å²) in [5.41, 5.74) is 7.50. The summed E-state index contributed by atoms with van der Waals surface area (Å²) in [5.74, 6) is -0.157. The van der Waals surface area contributed by atoms with Gasteiger partial charge in [0.2, 0.25) is 0 Å². The van der Waals surface area contributed by atoms with Crippen molar-refractivity contribution in [1.82, 2.24) is 10.3 Å². The maximum Gasteiger partial charge on any atom is 0.192 e. The number of para-hydroxylation sites is 1. The van der Waals surface area contributed by atoms with Crippen LogP contribution in [0.4, 0.5) is 10.8 Å². The predicted octanol–water partition coefficient (Wildman–Crippen LogP) is 1.85. The summed E-state index contributed by atoms with van der Waals surface area (Å²) in [7, 11) is 0. The zero-order valence-electron chi connectivity index (χ0n) is 10.3. The topological polar surface area (TPSA) is 123 Å². The van der Waals surface area contributed by atoms with Crippen LogP contribution in [0.25, 0.3) is 11.3 Å². The number of hydrogen-bond donors (Lipinski definition) is 4. The van der Waals surface area contributed by atoms with E-state index in [-0.39, 0.29) is 5.96 Å². The highest BCUT2D eigenvalue weighted by Gasteiger charge is 2.08. The number of nitriles is 1. The van der Waals surface area contributed by atoms with Gasteiger partial charge in [-0.05, 0) is 6.07 Å². The summed E-state index contributed by atoms with van der Waals surface area (Å²) < 4.78 is 0. The number of benzene rings is 1. The Balaban J connectivity index is 2.30. The molecule has 0 saturated heterocycles. The van der Waals surface area contributed by atoms with Crippen LogP contribution in [-0.2, 0) is 0 Å². The number of aliphatic imine (C=N–C) groups is 1. The summed E-state index contributed by atoms with van der Waals surface area (Å²) in [6.45, 7) is 0. The zero-order chi connectivity index (χ0) is 14.4. The molecule has 0 aliphatic carbocycles. The number of nitrogens with two attached hydrogens (primary N) is 1. The number of guanidine groups is 1. The summed E-state index contributed by atoms with van der Waals surface area (Å²) >= 11 is 1.35. The molecule has 0 atom stereocenters. The van der Waals surface area contributed by atoms with Crippen LogP contribution in [0.15, 0.2) is 34.6 Å². The van der Waals surface area contributed by atoms with E-state index >= 15 is 0 Å². The molecule has 2 rings (SSSR count). The second-order valence-electron chi connectivity index (χ2n) is 3.61. The van der Waals surface area contributed by atoms with Gasteiger partial charge in [-0.3, -0.25) is 10.7 Å². The van der Waals surface area contributed by atoms with Crippen LogP contribution in [0.3, 0.4) is 0 Å². The number of anilines is 1. The van der Waals surface area contributed by atoms with Crippen LogP contribution in [0, 0.1) is 16.9 Å². The smallest absolute Gasteiger partial charge is 0.192 e. The normalized spacial score (nSPS) is 10.2. The van der Waals surface area contributed by atoms with Crippen molar-refractivity contribution in [2.45, 2.75) is 0 Å². The summed E-state index contributed by atoms with van der Waals surface area (Å²) in [6.07, 6.45) is 3.08. The van der Waals surface area contributed by atoms with Gasteiger partial charge in [-0.25, -0.2) is 9.98 Å². The third kappa shape index (κ3) is 3.30. The molecule has 1 aromatic heterocycles. The molecule has 20 heavy (non-hydrogen) atoms. The average Bonchev–Trinajstić information content (AvgIpc) is 2.87. The maximum absolute atomic E-state index is 8.41. The maximum atomic E-state index is 8.41. The quantitative estimate of drug-likeness (QED) is 0.295. The molecular formula is C12H11N7S. The molecule has 2 aromatic rings. The van der Waals surface area contributed by atoms with Crippen molar-refractivity contribution in [1.29, 1.82) is 10.7 Å². The number of rotatable bonds is 4. The van der Waals surface area contributed by atoms with E-state index in [0.29, 0.717) is 10.8 Å². The Morgan fingerprint density at radius 1 is 1.50 bits per heavy atom. The van der Waals surface area contributed by atoms with E-state index in [1.807, 2.05) is 29.6 Å². The highest BCUT2D eigenvalue weighted by molar-refractivity contribution is 7.14. The van der Waals surface area contributed by atoms with E-state index in [1.165, 1.54) is 17.7 Å². The zero-order valence-corrected chi connectivity index (χ0v) is 11.1. The largest absolute Gasteiger partial charge is 0.370 e. The van der Waals surface area contributed by atoms with Gasteiger partial charge in [-0.15, -0.1) is 11.3 Å². The number of nitrogens with zero attached hydrogens (tertiary/aromatic N) is 3. The highest BCUT2D eigenvalue weighted by atomic mass is 32.1. The Morgan fingerprint density at radius 2 is 2.30 bits per heavy atom. The molecule has 0 fully saturated rings. The van der Waals surface area contributed by atoms with Gasteiger partial charge < -0.3 is 11.1 Å². The third-order valence-corrected chi connectivity index (χ3v) is 3.02. The van der Waals surface area contributed by atoms with Crippen molar-refractivity contribution in [3.05, 3.63) is 29.6 Å². The minimum atomic E-state index is -0.157. The molecule has 1 aromatic carbocycles. The average molecular weight is 285 g/mol. The molecule has 1 heterocycles. The first-order chi connectivity index (χ1) is 9.70. The molecule has 0 bridgehead atoms. The first-order valence-corrected chi connectivity index (χ1v) is 6.42. The van der Waals surface area contributed by atoms with Crippen LogP contribution >= 0.6 is 11.3 Å². The van der Waals surface area contributed by atoms with Gasteiger partial charge >= 0.3 is 0 Å². The third-order valence-electron chi connectivity index (χ3n) is 2.26. The lowest BCUT2D eigenvalue weighted by Gasteiger charge is -2.01. The SMILES string of the molecule is N#CN/C=N/c1ccccc1-c1csc(NC(=N)N)n1. The standard InChI is InChI=1S/C12H11N7S/c13-6-16-7-17-9-4-2-1-3-8(9)10-5-20-12(18-10)19-11(14)15/h1-5,7H,(H,16,17)(H4,14,15,18,19). The van der Waals surface area contributed by atoms with Crippen LogP contribution < -0.4 is 16.4 Å². The molecule has 5 N–H and O–H groups in total. The summed E-state index contributed by atoms with van der Waals surface area (Å²) in [5, 5.41) is 23.0. The molecule has 0 unspecified atom stereocenters. The molecule has 0 amide bonds. The van der Waals surface area contributed by atoms with Crippen molar-refractivity contribution in [2.75, 3.05) is 5.32 Å². The molecule has 7 nitrogen and oxygen atoms in total. The van der Waals surface area contributed by atoms with E-state index < -0.39 is 0 Å². The van der Waals surface area contributed by atoms with Gasteiger partial charge in [0.1, 0.15) is 6.34 Å². The lowest BCUT2D eigenvalue weighted by Crippen LogP contribution is -2.20. The molecule has 0 saturated carbocycles. The Labute approximate surface area is 119 Å². The van der Waals surface area contributed by atoms with Gasteiger partial charge in [0, 0.05) is 10.9 Å². The Kier molecular flexibility index (Phi) is 4.26. The summed E-state index contributed by atoms with van der Waals surface area (Å²) in [4.78, 5) is 8.50. The predicted molar refractivity (Wildman–Crippen MR) is 80.0 cm³/mol. The second kappa shape index (κ2) is 6.31. The van der Waals surface area contributed by atoms with E-state index in [0.717, 1.165) is 11.3 Å². The fourth-order valence-corrected chi connectivity index (χ4v) is 2.23. The van der Waals surface area contributed by atoms with Crippen molar-refractivity contribution < 1.29 is 0 Å². The Bertz CT molecular complexity index is 683. The van der Waals surface area contributed by atoms with Crippen LogP contribution in [-0.4, -0.2) is 17.3 Å². The summed E-state index contributed by atoms with van der Waals surface area (Å²) in [6, 6.07) is 7.43. The van der Waals surface area contributed by atoms with Gasteiger partial charge in [0.05, 0.1) is 11.4 Å². The van der Waals surface area contributed by atoms with Crippen molar-refractivity contribution >= 4 is 34.5 Å². The van der Waals surface area contributed by atoms with Gasteiger partial charge in [0.15, 0.2) is 17.3 Å². The van der Waals surface area contributed by atoms with E-state index in [9.17, 15) is 0 Å². The van der Waals surface area contributed by atoms with Gasteiger partial charge in [-0.2, -0.15) is 5.26 Å². The molecule has 0 spiro atoms. The van der Waals surface area contributed by atoms with Crippen molar-refractivity contribution in [3.63, 3.8) is 0 Å². The second-order valence-corrected chi connectivity index (χ2v) is 4.47. The van der Waals surface area contributed by atoms with Crippen molar-refractivity contribution in [2.24, 2.45) is 10.7 Å².